The van der Waals surface area contributed by atoms with E-state index in [1.165, 1.54) is 57.8 Å². The molecular formula is C24H47N4NaO3. The summed E-state index contributed by atoms with van der Waals surface area (Å²) in [5.41, 5.74) is 10.5. The summed E-state index contributed by atoms with van der Waals surface area (Å²) in [6.45, 7) is 2.61. The second-order valence-electron chi connectivity index (χ2n) is 8.24. The molecule has 0 aliphatic heterocycles. The number of carboxylic acid groups (broad SMARTS) is 1. The number of unbranched alkanes of at least 4 members (excludes halogenated alkanes) is 11. The Morgan fingerprint density at radius 3 is 1.97 bits per heavy atom. The van der Waals surface area contributed by atoms with Gasteiger partial charge in [0.15, 0.2) is 5.96 Å². The number of carboxylic acids is 1. The minimum atomic E-state index is -1.03. The summed E-state index contributed by atoms with van der Waals surface area (Å²) in [7, 11) is 0. The molecule has 6 N–H and O–H groups in total. The fourth-order valence-electron chi connectivity index (χ4n) is 3.38. The number of guanidine groups is 1. The van der Waals surface area contributed by atoms with Gasteiger partial charge in [0, 0.05) is 13.0 Å². The van der Waals surface area contributed by atoms with Crippen LogP contribution in [-0.2, 0) is 9.59 Å². The topological polar surface area (TPSA) is 131 Å². The van der Waals surface area contributed by atoms with Gasteiger partial charge in [-0.05, 0) is 44.9 Å². The fraction of sp³-hybridized carbons (Fsp3) is 0.792. The molecule has 7 nitrogen and oxygen atoms in total. The molecule has 0 aromatic heterocycles. The third-order valence-corrected chi connectivity index (χ3v) is 5.24. The summed E-state index contributed by atoms with van der Waals surface area (Å²) < 4.78 is 0. The molecule has 1 atom stereocenters. The summed E-state index contributed by atoms with van der Waals surface area (Å²) in [5, 5.41) is 11.8. The van der Waals surface area contributed by atoms with E-state index in [4.69, 9.17) is 11.5 Å². The Morgan fingerprint density at radius 2 is 1.44 bits per heavy atom. The van der Waals surface area contributed by atoms with Crippen molar-refractivity contribution in [2.75, 3.05) is 6.54 Å². The number of nitrogens with one attached hydrogen (secondary N) is 1. The molecule has 0 unspecified atom stereocenters. The number of amides is 1. The van der Waals surface area contributed by atoms with Gasteiger partial charge in [0.2, 0.25) is 5.91 Å². The van der Waals surface area contributed by atoms with E-state index in [0.29, 0.717) is 25.8 Å². The van der Waals surface area contributed by atoms with Gasteiger partial charge in [0.1, 0.15) is 6.04 Å². The van der Waals surface area contributed by atoms with Gasteiger partial charge in [-0.25, -0.2) is 4.79 Å². The monoisotopic (exact) mass is 462 g/mol. The van der Waals surface area contributed by atoms with Gasteiger partial charge in [0.25, 0.3) is 0 Å². The normalized spacial score (nSPS) is 11.7. The van der Waals surface area contributed by atoms with Crippen molar-refractivity contribution in [1.29, 1.82) is 0 Å². The summed E-state index contributed by atoms with van der Waals surface area (Å²) in [5.74, 6) is -1.24. The number of hydrogen-bond donors (Lipinski definition) is 4. The quantitative estimate of drug-likeness (QED) is 0.0679. The number of aliphatic imine (C=N–C) groups is 1. The fourth-order valence-corrected chi connectivity index (χ4v) is 3.38. The third-order valence-electron chi connectivity index (χ3n) is 5.24. The van der Waals surface area contributed by atoms with E-state index < -0.39 is 12.0 Å². The van der Waals surface area contributed by atoms with E-state index in [2.05, 4.69) is 29.4 Å². The van der Waals surface area contributed by atoms with Crippen LogP contribution in [0.15, 0.2) is 17.1 Å². The maximum absolute atomic E-state index is 12.0. The van der Waals surface area contributed by atoms with Crippen LogP contribution in [0.4, 0.5) is 0 Å². The van der Waals surface area contributed by atoms with Crippen molar-refractivity contribution in [3.63, 3.8) is 0 Å². The molecule has 0 aromatic rings. The van der Waals surface area contributed by atoms with E-state index in [-0.39, 0.29) is 42.9 Å². The zero-order valence-corrected chi connectivity index (χ0v) is 22.6. The van der Waals surface area contributed by atoms with Gasteiger partial charge < -0.3 is 23.3 Å². The molecule has 0 aromatic carbocycles. The Morgan fingerprint density at radius 1 is 0.906 bits per heavy atom. The molecule has 0 aliphatic carbocycles. The molecule has 182 valence electrons. The molecule has 0 fully saturated rings. The first-order chi connectivity index (χ1) is 15.0. The largest absolute Gasteiger partial charge is 1.00 e. The van der Waals surface area contributed by atoms with Gasteiger partial charge in [-0.1, -0.05) is 70.4 Å². The Labute approximate surface area is 219 Å². The van der Waals surface area contributed by atoms with E-state index >= 15 is 0 Å². The van der Waals surface area contributed by atoms with Gasteiger partial charge in [-0.15, -0.1) is 0 Å². The molecule has 0 aliphatic rings. The predicted molar refractivity (Wildman–Crippen MR) is 130 cm³/mol. The number of rotatable bonds is 21. The van der Waals surface area contributed by atoms with Crippen molar-refractivity contribution in [2.45, 2.75) is 116 Å². The molecule has 0 saturated heterocycles. The van der Waals surface area contributed by atoms with Crippen LogP contribution in [0.2, 0.25) is 0 Å². The van der Waals surface area contributed by atoms with Crippen LogP contribution >= 0.6 is 0 Å². The van der Waals surface area contributed by atoms with E-state index in [9.17, 15) is 14.7 Å². The summed E-state index contributed by atoms with van der Waals surface area (Å²) >= 11 is 0. The smallest absolute Gasteiger partial charge is 1.00 e. The molecule has 0 rings (SSSR count). The number of nitrogens with two attached hydrogens (primary N) is 2. The van der Waals surface area contributed by atoms with Crippen LogP contribution in [0.25, 0.3) is 0 Å². The average Bonchev–Trinajstić information content (AvgIpc) is 2.72. The number of hydrogen-bond acceptors (Lipinski definition) is 3. The molecule has 8 heteroatoms. The van der Waals surface area contributed by atoms with Crippen molar-refractivity contribution in [2.24, 2.45) is 16.5 Å². The molecule has 0 saturated carbocycles. The molecule has 0 spiro atoms. The predicted octanol–water partition coefficient (Wildman–Crippen LogP) is 1.76. The van der Waals surface area contributed by atoms with E-state index in [1.54, 1.807) is 0 Å². The summed E-state index contributed by atoms with van der Waals surface area (Å²) in [6.07, 6.45) is 21.5. The number of carbonyl (C=O) groups is 2. The molecule has 0 bridgehead atoms. The molecular weight excluding hydrogens is 415 g/mol. The Hall–Kier alpha value is -1.05. The number of carbonyl (C=O) groups excluding carboxylic acids is 1. The minimum absolute atomic E-state index is 0. The zero-order valence-electron chi connectivity index (χ0n) is 21.6. The average molecular weight is 463 g/mol. The Balaban J connectivity index is -0.00000450. The van der Waals surface area contributed by atoms with Crippen LogP contribution in [0.1, 0.15) is 111 Å². The standard InChI is InChI=1S/C24H46N4O3.Na.H/c1-2-3-4-5-6-7-8-9-10-11-12-13-14-15-16-19-22(29)28-21(23(30)31)18-17-20-27-24(25)26;;/h9-10,21H,2-8,11-20H2,1H3,(H,28,29)(H,30,31)(H4,25,26,27);;/q;+1;-1/b10-9-;;/t21-;;/m0../s1. The van der Waals surface area contributed by atoms with Crippen LogP contribution in [0, 0.1) is 0 Å². The van der Waals surface area contributed by atoms with E-state index in [1.807, 2.05) is 0 Å². The van der Waals surface area contributed by atoms with Crippen molar-refractivity contribution >= 4 is 17.8 Å². The van der Waals surface area contributed by atoms with Crippen LogP contribution in [-0.4, -0.2) is 35.5 Å². The number of aliphatic carboxylic acids is 1. The first-order valence-corrected chi connectivity index (χ1v) is 12.2. The Kier molecular flexibility index (Phi) is 25.5. The first-order valence-electron chi connectivity index (χ1n) is 12.2. The molecule has 32 heavy (non-hydrogen) atoms. The second-order valence-corrected chi connectivity index (χ2v) is 8.24. The van der Waals surface area contributed by atoms with Gasteiger partial charge in [-0.3, -0.25) is 9.79 Å². The van der Waals surface area contributed by atoms with E-state index in [0.717, 1.165) is 25.7 Å². The number of nitrogens with zero attached hydrogens (tertiary/aromatic N) is 1. The van der Waals surface area contributed by atoms with Gasteiger partial charge in [0.05, 0.1) is 0 Å². The summed E-state index contributed by atoms with van der Waals surface area (Å²) in [4.78, 5) is 27.1. The maximum Gasteiger partial charge on any atom is 1.00 e. The third kappa shape index (κ3) is 23.6. The molecule has 0 heterocycles. The van der Waals surface area contributed by atoms with Crippen molar-refractivity contribution < 1.29 is 45.7 Å². The maximum atomic E-state index is 12.0. The SMILES string of the molecule is CCCCCCCC/C=C\CCCCCCCC(=O)N[C@@H](CCCN=C(N)N)C(=O)O.[H-].[Na+]. The second kappa shape index (κ2) is 24.6. The number of allylic oxidation sites excluding steroid dienone is 2. The van der Waals surface area contributed by atoms with Crippen LogP contribution in [0.5, 0.6) is 0 Å². The minimum Gasteiger partial charge on any atom is -1.00 e. The van der Waals surface area contributed by atoms with Gasteiger partial charge in [-0.2, -0.15) is 0 Å². The zero-order chi connectivity index (χ0) is 23.2. The van der Waals surface area contributed by atoms with Crippen LogP contribution < -0.4 is 46.3 Å². The van der Waals surface area contributed by atoms with Crippen molar-refractivity contribution in [3.05, 3.63) is 12.2 Å². The first kappa shape index (κ1) is 33.1. The van der Waals surface area contributed by atoms with Crippen LogP contribution in [0.3, 0.4) is 0 Å². The summed E-state index contributed by atoms with van der Waals surface area (Å²) in [6, 6.07) is -0.884. The van der Waals surface area contributed by atoms with Gasteiger partial charge >= 0.3 is 35.5 Å². The Bertz CT molecular complexity index is 530. The molecule has 1 amide bonds. The molecule has 0 radical (unpaired) electrons. The van der Waals surface area contributed by atoms with Crippen molar-refractivity contribution in [3.8, 4) is 0 Å². The van der Waals surface area contributed by atoms with Crippen molar-refractivity contribution in [1.82, 2.24) is 5.32 Å².